The molecule has 3 aromatic rings. The molecule has 0 fully saturated rings. The topological polar surface area (TPSA) is 83.6 Å². The second-order valence-electron chi connectivity index (χ2n) is 4.00. The summed E-state index contributed by atoms with van der Waals surface area (Å²) in [4.78, 5) is 27.2. The molecule has 0 bridgehead atoms. The lowest BCUT2D eigenvalue weighted by atomic mass is 10.3. The molecule has 1 amide bonds. The minimum atomic E-state index is -0.257. The monoisotopic (exact) mass is 253 g/mol. The van der Waals surface area contributed by atoms with Gasteiger partial charge in [-0.2, -0.15) is 0 Å². The maximum absolute atomic E-state index is 11.9. The largest absolute Gasteiger partial charge is 0.347 e. The Labute approximate surface area is 108 Å². The summed E-state index contributed by atoms with van der Waals surface area (Å²) in [6, 6.07) is 7.43. The number of carbonyl (C=O) groups excluding carboxylic acids is 1. The molecule has 0 aliphatic carbocycles. The average Bonchev–Trinajstić information content (AvgIpc) is 2.97. The lowest BCUT2D eigenvalue weighted by Gasteiger charge is -2.03. The van der Waals surface area contributed by atoms with Crippen LogP contribution in [0.25, 0.3) is 11.0 Å². The van der Waals surface area contributed by atoms with Crippen molar-refractivity contribution >= 4 is 16.9 Å². The predicted octanol–water partition coefficient (Wildman–Crippen LogP) is 1.28. The number of hydrogen-bond acceptors (Lipinski definition) is 4. The number of nitrogens with zero attached hydrogens (tertiary/aromatic N) is 3. The molecule has 0 unspecified atom stereocenters. The van der Waals surface area contributed by atoms with Crippen LogP contribution in [0.2, 0.25) is 0 Å². The number of para-hydroxylation sites is 2. The number of benzene rings is 1. The van der Waals surface area contributed by atoms with Gasteiger partial charge in [-0.25, -0.2) is 9.97 Å². The molecule has 6 heteroatoms. The standard InChI is InChI=1S/C13H11N5O/c19-13(16-6-9-5-14-8-17-9)12-7-15-10-3-1-2-4-11(10)18-12/h1-5,7-8H,6H2,(H,14,17)(H,16,19). The Bertz CT molecular complexity index is 708. The van der Waals surface area contributed by atoms with Crippen LogP contribution in [0.3, 0.4) is 0 Å². The normalized spacial score (nSPS) is 10.5. The number of hydrogen-bond donors (Lipinski definition) is 2. The maximum Gasteiger partial charge on any atom is 0.271 e. The summed E-state index contributed by atoms with van der Waals surface area (Å²) >= 11 is 0. The number of aromatic nitrogens is 4. The molecule has 0 saturated carbocycles. The third kappa shape index (κ3) is 2.42. The summed E-state index contributed by atoms with van der Waals surface area (Å²) in [6.45, 7) is 0.382. The van der Waals surface area contributed by atoms with Crippen molar-refractivity contribution in [1.82, 2.24) is 25.3 Å². The second kappa shape index (κ2) is 4.85. The summed E-state index contributed by atoms with van der Waals surface area (Å²) in [7, 11) is 0. The van der Waals surface area contributed by atoms with E-state index in [9.17, 15) is 4.79 Å². The molecule has 0 saturated heterocycles. The predicted molar refractivity (Wildman–Crippen MR) is 69.3 cm³/mol. The average molecular weight is 253 g/mol. The van der Waals surface area contributed by atoms with Crippen LogP contribution >= 0.6 is 0 Å². The number of rotatable bonds is 3. The fourth-order valence-electron chi connectivity index (χ4n) is 1.71. The van der Waals surface area contributed by atoms with E-state index in [1.165, 1.54) is 6.20 Å². The van der Waals surface area contributed by atoms with E-state index >= 15 is 0 Å². The number of H-pyrrole nitrogens is 1. The molecule has 0 spiro atoms. The first-order valence-electron chi connectivity index (χ1n) is 5.80. The molecule has 2 heterocycles. The van der Waals surface area contributed by atoms with E-state index in [0.717, 1.165) is 11.2 Å². The van der Waals surface area contributed by atoms with Gasteiger partial charge in [-0.15, -0.1) is 0 Å². The first-order valence-corrected chi connectivity index (χ1v) is 5.80. The first kappa shape index (κ1) is 11.3. The zero-order chi connectivity index (χ0) is 13.1. The summed E-state index contributed by atoms with van der Waals surface area (Å²) < 4.78 is 0. The highest BCUT2D eigenvalue weighted by Crippen LogP contribution is 2.08. The highest BCUT2D eigenvalue weighted by atomic mass is 16.1. The minimum absolute atomic E-state index is 0.257. The minimum Gasteiger partial charge on any atom is -0.347 e. The van der Waals surface area contributed by atoms with Crippen LogP contribution in [0, 0.1) is 0 Å². The van der Waals surface area contributed by atoms with Gasteiger partial charge in [0, 0.05) is 6.20 Å². The Hall–Kier alpha value is -2.76. The Kier molecular flexibility index (Phi) is 2.89. The molecular formula is C13H11N5O. The van der Waals surface area contributed by atoms with Gasteiger partial charge in [0.1, 0.15) is 5.69 Å². The zero-order valence-corrected chi connectivity index (χ0v) is 10.00. The van der Waals surface area contributed by atoms with Gasteiger partial charge in [0.2, 0.25) is 0 Å². The fraction of sp³-hybridized carbons (Fsp3) is 0.0769. The third-order valence-corrected chi connectivity index (χ3v) is 2.68. The molecule has 2 aromatic heterocycles. The SMILES string of the molecule is O=C(NCc1cnc[nH]1)c1cnc2ccccc2n1. The van der Waals surface area contributed by atoms with Crippen LogP contribution in [0.15, 0.2) is 43.0 Å². The van der Waals surface area contributed by atoms with Gasteiger partial charge in [-0.1, -0.05) is 12.1 Å². The van der Waals surface area contributed by atoms with Crippen LogP contribution in [-0.4, -0.2) is 25.8 Å². The lowest BCUT2D eigenvalue weighted by Crippen LogP contribution is -2.24. The van der Waals surface area contributed by atoms with Crippen molar-refractivity contribution < 1.29 is 4.79 Å². The Morgan fingerprint density at radius 2 is 2.05 bits per heavy atom. The highest BCUT2D eigenvalue weighted by Gasteiger charge is 2.08. The van der Waals surface area contributed by atoms with E-state index in [2.05, 4.69) is 25.3 Å². The first-order chi connectivity index (χ1) is 9.33. The summed E-state index contributed by atoms with van der Waals surface area (Å²) in [5.74, 6) is -0.257. The molecule has 2 N–H and O–H groups in total. The highest BCUT2D eigenvalue weighted by molar-refractivity contribution is 5.93. The fourth-order valence-corrected chi connectivity index (χ4v) is 1.71. The third-order valence-electron chi connectivity index (χ3n) is 2.68. The van der Waals surface area contributed by atoms with Gasteiger partial charge in [0.15, 0.2) is 0 Å². The molecule has 0 aliphatic heterocycles. The number of imidazole rings is 1. The summed E-state index contributed by atoms with van der Waals surface area (Å²) in [5, 5.41) is 2.75. The van der Waals surface area contributed by atoms with Gasteiger partial charge >= 0.3 is 0 Å². The van der Waals surface area contributed by atoms with Crippen LogP contribution in [-0.2, 0) is 6.54 Å². The van der Waals surface area contributed by atoms with E-state index in [1.807, 2.05) is 24.3 Å². The number of fused-ring (bicyclic) bond motifs is 1. The molecule has 0 atom stereocenters. The van der Waals surface area contributed by atoms with Crippen molar-refractivity contribution in [2.45, 2.75) is 6.54 Å². The van der Waals surface area contributed by atoms with Crippen molar-refractivity contribution in [2.24, 2.45) is 0 Å². The maximum atomic E-state index is 11.9. The number of carbonyl (C=O) groups is 1. The van der Waals surface area contributed by atoms with Crippen LogP contribution in [0.1, 0.15) is 16.2 Å². The lowest BCUT2D eigenvalue weighted by molar-refractivity contribution is 0.0945. The number of nitrogens with one attached hydrogen (secondary N) is 2. The van der Waals surface area contributed by atoms with Crippen molar-refractivity contribution in [1.29, 1.82) is 0 Å². The Morgan fingerprint density at radius 3 is 2.84 bits per heavy atom. The van der Waals surface area contributed by atoms with E-state index in [1.54, 1.807) is 12.5 Å². The van der Waals surface area contributed by atoms with E-state index in [0.29, 0.717) is 17.8 Å². The van der Waals surface area contributed by atoms with Crippen LogP contribution in [0.4, 0.5) is 0 Å². The van der Waals surface area contributed by atoms with Crippen molar-refractivity contribution in [2.75, 3.05) is 0 Å². The van der Waals surface area contributed by atoms with Gasteiger partial charge in [0.25, 0.3) is 5.91 Å². The summed E-state index contributed by atoms with van der Waals surface area (Å²) in [5.41, 5.74) is 2.62. The summed E-state index contributed by atoms with van der Waals surface area (Å²) in [6.07, 6.45) is 4.70. The van der Waals surface area contributed by atoms with E-state index < -0.39 is 0 Å². The molecule has 0 radical (unpaired) electrons. The van der Waals surface area contributed by atoms with Crippen molar-refractivity contribution in [3.05, 3.63) is 54.4 Å². The van der Waals surface area contributed by atoms with Crippen molar-refractivity contribution in [3.8, 4) is 0 Å². The van der Waals surface area contributed by atoms with Crippen LogP contribution in [0.5, 0.6) is 0 Å². The molecule has 19 heavy (non-hydrogen) atoms. The Balaban J connectivity index is 1.77. The quantitative estimate of drug-likeness (QED) is 0.736. The van der Waals surface area contributed by atoms with Gasteiger partial charge in [0.05, 0.1) is 35.8 Å². The molecule has 1 aromatic carbocycles. The number of aromatic amines is 1. The Morgan fingerprint density at radius 1 is 1.21 bits per heavy atom. The van der Waals surface area contributed by atoms with E-state index in [4.69, 9.17) is 0 Å². The number of amides is 1. The zero-order valence-electron chi connectivity index (χ0n) is 10.00. The van der Waals surface area contributed by atoms with Gasteiger partial charge in [-0.05, 0) is 12.1 Å². The van der Waals surface area contributed by atoms with Gasteiger partial charge < -0.3 is 10.3 Å². The molecule has 6 nitrogen and oxygen atoms in total. The van der Waals surface area contributed by atoms with E-state index in [-0.39, 0.29) is 5.91 Å². The van der Waals surface area contributed by atoms with Crippen molar-refractivity contribution in [3.63, 3.8) is 0 Å². The molecular weight excluding hydrogens is 242 g/mol. The smallest absolute Gasteiger partial charge is 0.271 e. The molecule has 3 rings (SSSR count). The van der Waals surface area contributed by atoms with Gasteiger partial charge in [-0.3, -0.25) is 9.78 Å². The molecule has 0 aliphatic rings. The molecule has 94 valence electrons. The van der Waals surface area contributed by atoms with Crippen LogP contribution < -0.4 is 5.32 Å². The second-order valence-corrected chi connectivity index (χ2v) is 4.00.